The molecule has 2 unspecified atom stereocenters. The third-order valence-electron chi connectivity index (χ3n) is 6.67. The number of carbonyl (C=O) groups is 2. The van der Waals surface area contributed by atoms with E-state index in [4.69, 9.17) is 4.74 Å². The molecule has 2 saturated heterocycles. The van der Waals surface area contributed by atoms with Gasteiger partial charge in [-0.2, -0.15) is 0 Å². The summed E-state index contributed by atoms with van der Waals surface area (Å²) in [4.78, 5) is 31.4. The number of fused-ring (bicyclic) bond motifs is 1. The number of likely N-dealkylation sites (tertiary alicyclic amines) is 2. The van der Waals surface area contributed by atoms with Gasteiger partial charge in [0.05, 0.1) is 19.2 Å². The van der Waals surface area contributed by atoms with E-state index in [0.29, 0.717) is 29.1 Å². The van der Waals surface area contributed by atoms with Crippen molar-refractivity contribution >= 4 is 28.2 Å². The predicted molar refractivity (Wildman–Crippen MR) is 116 cm³/mol. The zero-order valence-electron chi connectivity index (χ0n) is 17.7. The average Bonchev–Trinajstić information content (AvgIpc) is 3.42. The van der Waals surface area contributed by atoms with Crippen LogP contribution in [0, 0.1) is 5.92 Å². The minimum Gasteiger partial charge on any atom is -0.465 e. The molecule has 1 aromatic rings. The SMILES string of the molecule is COC(=O)c1c(NC(=O)CN2CCCC2CN2CCCC2)sc2c1CCC(C)C2. The number of rotatable bonds is 6. The fraction of sp³-hybridized carbons (Fsp3) is 0.727. The quantitative estimate of drug-likeness (QED) is 0.718. The third-order valence-corrected chi connectivity index (χ3v) is 7.84. The molecule has 0 saturated carbocycles. The Balaban J connectivity index is 1.43. The zero-order valence-corrected chi connectivity index (χ0v) is 18.5. The Labute approximate surface area is 177 Å². The summed E-state index contributed by atoms with van der Waals surface area (Å²) < 4.78 is 5.04. The molecule has 2 aliphatic heterocycles. The molecule has 160 valence electrons. The van der Waals surface area contributed by atoms with E-state index in [1.165, 1.54) is 44.3 Å². The molecule has 0 bridgehead atoms. The number of nitrogens with one attached hydrogen (secondary N) is 1. The highest BCUT2D eigenvalue weighted by Gasteiger charge is 2.31. The number of nitrogens with zero attached hydrogens (tertiary/aromatic N) is 2. The number of hydrogen-bond donors (Lipinski definition) is 1. The molecular weight excluding hydrogens is 386 g/mol. The molecule has 7 heteroatoms. The van der Waals surface area contributed by atoms with E-state index in [1.807, 2.05) is 0 Å². The van der Waals surface area contributed by atoms with Crippen LogP contribution in [0.3, 0.4) is 0 Å². The molecular formula is C22H33N3O3S. The molecule has 29 heavy (non-hydrogen) atoms. The predicted octanol–water partition coefficient (Wildman–Crippen LogP) is 3.16. The number of methoxy groups -OCH3 is 1. The second-order valence-corrected chi connectivity index (χ2v) is 9.98. The Morgan fingerprint density at radius 2 is 1.97 bits per heavy atom. The van der Waals surface area contributed by atoms with E-state index < -0.39 is 0 Å². The van der Waals surface area contributed by atoms with Crippen molar-refractivity contribution in [2.24, 2.45) is 5.92 Å². The van der Waals surface area contributed by atoms with E-state index in [-0.39, 0.29) is 11.9 Å². The highest BCUT2D eigenvalue weighted by atomic mass is 32.1. The van der Waals surface area contributed by atoms with Crippen molar-refractivity contribution in [3.05, 3.63) is 16.0 Å². The lowest BCUT2D eigenvalue weighted by atomic mass is 9.88. The minimum atomic E-state index is -0.333. The number of thiophene rings is 1. The van der Waals surface area contributed by atoms with Gasteiger partial charge in [-0.25, -0.2) is 4.79 Å². The summed E-state index contributed by atoms with van der Waals surface area (Å²) in [5, 5.41) is 3.74. The van der Waals surface area contributed by atoms with E-state index in [2.05, 4.69) is 22.0 Å². The topological polar surface area (TPSA) is 61.9 Å². The van der Waals surface area contributed by atoms with Gasteiger partial charge in [0.1, 0.15) is 5.00 Å². The third kappa shape index (κ3) is 4.67. The molecule has 0 spiro atoms. The van der Waals surface area contributed by atoms with Crippen molar-refractivity contribution in [3.8, 4) is 0 Å². The number of anilines is 1. The summed E-state index contributed by atoms with van der Waals surface area (Å²) in [5.41, 5.74) is 1.67. The van der Waals surface area contributed by atoms with Gasteiger partial charge >= 0.3 is 5.97 Å². The van der Waals surface area contributed by atoms with Crippen LogP contribution in [0.1, 0.15) is 59.8 Å². The Bertz CT molecular complexity index is 757. The van der Waals surface area contributed by atoms with Crippen LogP contribution >= 0.6 is 11.3 Å². The molecule has 2 atom stereocenters. The van der Waals surface area contributed by atoms with Crippen molar-refractivity contribution in [1.82, 2.24) is 9.80 Å². The number of carbonyl (C=O) groups excluding carboxylic acids is 2. The van der Waals surface area contributed by atoms with E-state index in [1.54, 1.807) is 11.3 Å². The smallest absolute Gasteiger partial charge is 0.341 e. The fourth-order valence-electron chi connectivity index (χ4n) is 5.08. The Kier molecular flexibility index (Phi) is 6.56. The van der Waals surface area contributed by atoms with Gasteiger partial charge in [-0.15, -0.1) is 11.3 Å². The Morgan fingerprint density at radius 1 is 1.17 bits per heavy atom. The number of ether oxygens (including phenoxy) is 1. The van der Waals surface area contributed by atoms with Gasteiger partial charge in [-0.3, -0.25) is 9.69 Å². The largest absolute Gasteiger partial charge is 0.465 e. The normalized spacial score (nSPS) is 25.2. The van der Waals surface area contributed by atoms with Gasteiger partial charge in [0.15, 0.2) is 0 Å². The molecule has 1 aromatic heterocycles. The first kappa shape index (κ1) is 20.8. The van der Waals surface area contributed by atoms with Crippen LogP contribution in [-0.4, -0.2) is 67.6 Å². The van der Waals surface area contributed by atoms with Crippen LogP contribution in [0.5, 0.6) is 0 Å². The maximum absolute atomic E-state index is 12.9. The molecule has 6 nitrogen and oxygen atoms in total. The van der Waals surface area contributed by atoms with Crippen LogP contribution in [-0.2, 0) is 22.4 Å². The summed E-state index contributed by atoms with van der Waals surface area (Å²) in [5.74, 6) is 0.265. The van der Waals surface area contributed by atoms with Gasteiger partial charge in [0.2, 0.25) is 5.91 Å². The monoisotopic (exact) mass is 419 g/mol. The summed E-state index contributed by atoms with van der Waals surface area (Å²) in [7, 11) is 1.41. The van der Waals surface area contributed by atoms with Crippen molar-refractivity contribution in [2.75, 3.05) is 45.2 Å². The molecule has 0 aromatic carbocycles. The van der Waals surface area contributed by atoms with Crippen LogP contribution < -0.4 is 5.32 Å². The first-order chi connectivity index (χ1) is 14.0. The molecule has 3 aliphatic rings. The van der Waals surface area contributed by atoms with Crippen LogP contribution in [0.25, 0.3) is 0 Å². The van der Waals surface area contributed by atoms with Crippen molar-refractivity contribution in [3.63, 3.8) is 0 Å². The number of esters is 1. The van der Waals surface area contributed by atoms with Gasteiger partial charge in [0, 0.05) is 17.5 Å². The summed E-state index contributed by atoms with van der Waals surface area (Å²) in [6.07, 6.45) is 7.86. The van der Waals surface area contributed by atoms with Crippen molar-refractivity contribution in [1.29, 1.82) is 0 Å². The fourth-order valence-corrected chi connectivity index (χ4v) is 6.50. The molecule has 1 amide bonds. The molecule has 4 rings (SSSR count). The maximum atomic E-state index is 12.9. The van der Waals surface area contributed by atoms with Crippen LogP contribution in [0.2, 0.25) is 0 Å². The Hall–Kier alpha value is -1.44. The number of hydrogen-bond acceptors (Lipinski definition) is 6. The summed E-state index contributed by atoms with van der Waals surface area (Å²) in [6, 6.07) is 0.469. The molecule has 1 N–H and O–H groups in total. The highest BCUT2D eigenvalue weighted by Crippen LogP contribution is 2.40. The molecule has 0 radical (unpaired) electrons. The first-order valence-corrected chi connectivity index (χ1v) is 11.9. The second-order valence-electron chi connectivity index (χ2n) is 8.87. The van der Waals surface area contributed by atoms with Gasteiger partial charge in [0.25, 0.3) is 0 Å². The zero-order chi connectivity index (χ0) is 20.4. The summed E-state index contributed by atoms with van der Waals surface area (Å²) >= 11 is 1.56. The Morgan fingerprint density at radius 3 is 2.72 bits per heavy atom. The van der Waals surface area contributed by atoms with Crippen LogP contribution in [0.15, 0.2) is 0 Å². The minimum absolute atomic E-state index is 0.0184. The van der Waals surface area contributed by atoms with E-state index in [0.717, 1.165) is 44.3 Å². The van der Waals surface area contributed by atoms with E-state index >= 15 is 0 Å². The summed E-state index contributed by atoms with van der Waals surface area (Å²) in [6.45, 7) is 7.08. The van der Waals surface area contributed by atoms with Crippen molar-refractivity contribution < 1.29 is 14.3 Å². The molecule has 3 heterocycles. The van der Waals surface area contributed by atoms with E-state index in [9.17, 15) is 9.59 Å². The first-order valence-electron chi connectivity index (χ1n) is 11.0. The maximum Gasteiger partial charge on any atom is 0.341 e. The van der Waals surface area contributed by atoms with Crippen molar-refractivity contribution in [2.45, 2.75) is 57.9 Å². The average molecular weight is 420 g/mol. The lowest BCUT2D eigenvalue weighted by Crippen LogP contribution is -2.42. The lowest BCUT2D eigenvalue weighted by molar-refractivity contribution is -0.117. The molecule has 2 fully saturated rings. The molecule has 1 aliphatic carbocycles. The van der Waals surface area contributed by atoms with Gasteiger partial charge < -0.3 is 15.0 Å². The van der Waals surface area contributed by atoms with Gasteiger partial charge in [-0.05, 0) is 76.1 Å². The standard InChI is InChI=1S/C22H33N3O3S/c1-15-7-8-17-18(12-15)29-21(20(17)22(27)28-2)23-19(26)14-25-11-5-6-16(25)13-24-9-3-4-10-24/h15-16H,3-14H2,1-2H3,(H,23,26). The highest BCUT2D eigenvalue weighted by molar-refractivity contribution is 7.17. The van der Waals surface area contributed by atoms with Gasteiger partial charge in [-0.1, -0.05) is 6.92 Å². The number of amides is 1. The lowest BCUT2D eigenvalue weighted by Gasteiger charge is -2.27. The van der Waals surface area contributed by atoms with Crippen LogP contribution in [0.4, 0.5) is 5.00 Å². The second kappa shape index (κ2) is 9.14.